The highest BCUT2D eigenvalue weighted by molar-refractivity contribution is 4.89. The quantitative estimate of drug-likeness (QED) is 0.508. The molecule has 0 amide bonds. The van der Waals surface area contributed by atoms with Gasteiger partial charge in [0.25, 0.3) is 0 Å². The molecule has 2 saturated carbocycles. The Morgan fingerprint density at radius 3 is 2.04 bits per heavy atom. The van der Waals surface area contributed by atoms with Gasteiger partial charge in [0.15, 0.2) is 5.79 Å². The summed E-state index contributed by atoms with van der Waals surface area (Å²) in [4.78, 5) is 0. The number of aliphatic hydroxyl groups is 2. The summed E-state index contributed by atoms with van der Waals surface area (Å²) in [5, 5.41) is 17.5. The summed E-state index contributed by atoms with van der Waals surface area (Å²) < 4.78 is 11.2. The number of ether oxygens (including phenoxy) is 2. The maximum Gasteiger partial charge on any atom is 0.163 e. The molecule has 0 spiro atoms. The second-order valence-corrected chi connectivity index (χ2v) is 8.74. The van der Waals surface area contributed by atoms with Gasteiger partial charge in [-0.15, -0.1) is 0 Å². The Labute approximate surface area is 165 Å². The Bertz CT molecular complexity index is 449. The van der Waals surface area contributed by atoms with Gasteiger partial charge in [-0.25, -0.2) is 0 Å². The van der Waals surface area contributed by atoms with E-state index < -0.39 is 6.10 Å². The molecule has 1 saturated heterocycles. The summed E-state index contributed by atoms with van der Waals surface area (Å²) in [5.41, 5.74) is 0. The van der Waals surface area contributed by atoms with Crippen LogP contribution < -0.4 is 0 Å². The van der Waals surface area contributed by atoms with Gasteiger partial charge in [-0.3, -0.25) is 0 Å². The van der Waals surface area contributed by atoms with E-state index in [0.717, 1.165) is 37.7 Å². The van der Waals surface area contributed by atoms with Crippen molar-refractivity contribution in [1.82, 2.24) is 0 Å². The predicted octanol–water partition coefficient (Wildman–Crippen LogP) is 4.75. The molecule has 2 unspecified atom stereocenters. The first-order valence-corrected chi connectivity index (χ1v) is 10.9. The highest BCUT2D eigenvalue weighted by Crippen LogP contribution is 2.33. The van der Waals surface area contributed by atoms with Crippen LogP contribution in [0.4, 0.5) is 0 Å². The van der Waals surface area contributed by atoms with Gasteiger partial charge in [0, 0.05) is 0 Å². The zero-order chi connectivity index (χ0) is 19.5. The minimum absolute atomic E-state index is 0.115. The van der Waals surface area contributed by atoms with E-state index in [-0.39, 0.29) is 12.4 Å². The largest absolute Gasteiger partial charge is 0.394 e. The Morgan fingerprint density at radius 2 is 1.56 bits per heavy atom. The minimum atomic E-state index is -0.532. The SMILES string of the molecule is CC1(C)OCC(CC/C=C\CC2CC2)O1.OCC(O)CC/C=C\CC1CC1. The van der Waals surface area contributed by atoms with Gasteiger partial charge < -0.3 is 19.7 Å². The van der Waals surface area contributed by atoms with E-state index in [4.69, 9.17) is 19.7 Å². The molecule has 0 aromatic carbocycles. The molecular weight excluding hydrogens is 340 g/mol. The Kier molecular flexibility index (Phi) is 10.1. The van der Waals surface area contributed by atoms with Crippen LogP contribution in [-0.4, -0.2) is 41.4 Å². The Balaban J connectivity index is 0.000000199. The second kappa shape index (κ2) is 12.0. The molecule has 4 nitrogen and oxygen atoms in total. The van der Waals surface area contributed by atoms with E-state index in [1.54, 1.807) is 0 Å². The van der Waals surface area contributed by atoms with Gasteiger partial charge in [0.05, 0.1) is 25.4 Å². The van der Waals surface area contributed by atoms with Crippen LogP contribution in [0, 0.1) is 11.8 Å². The van der Waals surface area contributed by atoms with Crippen molar-refractivity contribution in [1.29, 1.82) is 0 Å². The van der Waals surface area contributed by atoms with Crippen molar-refractivity contribution in [2.45, 2.75) is 96.1 Å². The molecule has 27 heavy (non-hydrogen) atoms. The van der Waals surface area contributed by atoms with E-state index in [2.05, 4.69) is 24.3 Å². The van der Waals surface area contributed by atoms with Crippen molar-refractivity contribution in [3.05, 3.63) is 24.3 Å². The maximum atomic E-state index is 8.99. The van der Waals surface area contributed by atoms with Gasteiger partial charge in [-0.2, -0.15) is 0 Å². The molecule has 0 aromatic rings. The number of aliphatic hydroxyl groups excluding tert-OH is 2. The molecule has 0 radical (unpaired) electrons. The lowest BCUT2D eigenvalue weighted by atomic mass is 10.2. The van der Waals surface area contributed by atoms with Crippen LogP contribution in [0.1, 0.15) is 78.1 Å². The van der Waals surface area contributed by atoms with Gasteiger partial charge in [-0.05, 0) is 89.9 Å². The van der Waals surface area contributed by atoms with Crippen LogP contribution in [-0.2, 0) is 9.47 Å². The third kappa shape index (κ3) is 11.7. The van der Waals surface area contributed by atoms with Crippen LogP contribution in [0.2, 0.25) is 0 Å². The average Bonchev–Trinajstić information content (AvgIpc) is 3.55. The third-order valence-electron chi connectivity index (χ3n) is 5.27. The maximum absolute atomic E-state index is 8.99. The van der Waals surface area contributed by atoms with E-state index in [1.807, 2.05) is 13.8 Å². The van der Waals surface area contributed by atoms with Gasteiger partial charge in [-0.1, -0.05) is 24.3 Å². The third-order valence-corrected chi connectivity index (χ3v) is 5.27. The number of hydrogen-bond donors (Lipinski definition) is 2. The smallest absolute Gasteiger partial charge is 0.163 e. The molecule has 4 heteroatoms. The highest BCUT2D eigenvalue weighted by atomic mass is 16.7. The summed E-state index contributed by atoms with van der Waals surface area (Å²) in [6.07, 6.45) is 20.6. The fourth-order valence-corrected chi connectivity index (χ4v) is 3.09. The van der Waals surface area contributed by atoms with Crippen LogP contribution in [0.5, 0.6) is 0 Å². The summed E-state index contributed by atoms with van der Waals surface area (Å²) in [5.74, 6) is 1.60. The molecule has 2 atom stereocenters. The lowest BCUT2D eigenvalue weighted by Crippen LogP contribution is -2.21. The molecule has 2 aliphatic carbocycles. The predicted molar refractivity (Wildman–Crippen MR) is 109 cm³/mol. The summed E-state index contributed by atoms with van der Waals surface area (Å²) in [6, 6.07) is 0. The van der Waals surface area contributed by atoms with Crippen LogP contribution in [0.15, 0.2) is 24.3 Å². The van der Waals surface area contributed by atoms with Crippen LogP contribution >= 0.6 is 0 Å². The van der Waals surface area contributed by atoms with Crippen molar-refractivity contribution in [2.75, 3.05) is 13.2 Å². The first kappa shape index (κ1) is 22.6. The molecule has 2 N–H and O–H groups in total. The monoisotopic (exact) mass is 380 g/mol. The minimum Gasteiger partial charge on any atom is -0.394 e. The van der Waals surface area contributed by atoms with Crippen molar-refractivity contribution in [3.8, 4) is 0 Å². The lowest BCUT2D eigenvalue weighted by Gasteiger charge is -2.16. The van der Waals surface area contributed by atoms with Gasteiger partial charge >= 0.3 is 0 Å². The van der Waals surface area contributed by atoms with Crippen LogP contribution in [0.25, 0.3) is 0 Å². The normalized spacial score (nSPS) is 25.7. The fraction of sp³-hybridized carbons (Fsp3) is 0.826. The van der Waals surface area contributed by atoms with E-state index in [0.29, 0.717) is 12.5 Å². The number of rotatable bonds is 11. The molecule has 156 valence electrons. The van der Waals surface area contributed by atoms with E-state index in [9.17, 15) is 0 Å². The fourth-order valence-electron chi connectivity index (χ4n) is 3.09. The first-order valence-electron chi connectivity index (χ1n) is 10.9. The summed E-state index contributed by atoms with van der Waals surface area (Å²) in [6.45, 7) is 4.60. The average molecular weight is 381 g/mol. The Hall–Kier alpha value is -0.680. The first-order chi connectivity index (χ1) is 13.0. The molecule has 1 heterocycles. The van der Waals surface area contributed by atoms with E-state index >= 15 is 0 Å². The van der Waals surface area contributed by atoms with Crippen molar-refractivity contribution in [2.24, 2.45) is 11.8 Å². The molecule has 0 bridgehead atoms. The summed E-state index contributed by atoms with van der Waals surface area (Å²) in [7, 11) is 0. The van der Waals surface area contributed by atoms with Crippen molar-refractivity contribution < 1.29 is 19.7 Å². The zero-order valence-electron chi connectivity index (χ0n) is 17.3. The number of allylic oxidation sites excluding steroid dienone is 4. The van der Waals surface area contributed by atoms with E-state index in [1.165, 1.54) is 38.5 Å². The zero-order valence-corrected chi connectivity index (χ0v) is 17.3. The second-order valence-electron chi connectivity index (χ2n) is 8.74. The van der Waals surface area contributed by atoms with Crippen molar-refractivity contribution in [3.63, 3.8) is 0 Å². The van der Waals surface area contributed by atoms with Crippen LogP contribution in [0.3, 0.4) is 0 Å². The molecule has 3 fully saturated rings. The molecule has 0 aromatic heterocycles. The molecule has 3 rings (SSSR count). The van der Waals surface area contributed by atoms with Gasteiger partial charge in [0.1, 0.15) is 0 Å². The lowest BCUT2D eigenvalue weighted by molar-refractivity contribution is -0.138. The number of hydrogen-bond acceptors (Lipinski definition) is 4. The summed E-state index contributed by atoms with van der Waals surface area (Å²) >= 11 is 0. The van der Waals surface area contributed by atoms with Crippen molar-refractivity contribution >= 4 is 0 Å². The highest BCUT2D eigenvalue weighted by Gasteiger charge is 2.31. The van der Waals surface area contributed by atoms with Gasteiger partial charge in [0.2, 0.25) is 0 Å². The molecular formula is C23H40O4. The molecule has 1 aliphatic heterocycles. The Morgan fingerprint density at radius 1 is 0.963 bits per heavy atom. The molecule has 3 aliphatic rings. The standard InChI is InChI=1S/C13H22O2.C10H18O2/c1-13(2)14-10-12(15-13)7-5-3-4-6-11-8-9-11;11-8-10(12)5-3-1-2-4-9-6-7-9/h3-4,11-12H,5-10H2,1-2H3;1-2,9-12H,3-8H2/b4-3-;2-1-. The topological polar surface area (TPSA) is 58.9 Å².